The van der Waals surface area contributed by atoms with Gasteiger partial charge in [-0.25, -0.2) is 4.98 Å². The molecule has 0 N–H and O–H groups in total. The van der Waals surface area contributed by atoms with Crippen LogP contribution in [0.1, 0.15) is 11.4 Å². The highest BCUT2D eigenvalue weighted by molar-refractivity contribution is 7.98. The van der Waals surface area contributed by atoms with Crippen molar-refractivity contribution in [2.75, 3.05) is 14.2 Å². The first-order valence-electron chi connectivity index (χ1n) is 10.5. The van der Waals surface area contributed by atoms with E-state index in [0.717, 1.165) is 22.4 Å². The predicted octanol–water partition coefficient (Wildman–Crippen LogP) is 6.10. The third-order valence-corrected chi connectivity index (χ3v) is 6.38. The van der Waals surface area contributed by atoms with Crippen LogP contribution >= 0.6 is 23.4 Å². The number of aromatic nitrogens is 4. The van der Waals surface area contributed by atoms with Gasteiger partial charge < -0.3 is 18.5 Å². The lowest BCUT2D eigenvalue weighted by molar-refractivity contribution is 0.355. The van der Waals surface area contributed by atoms with Crippen LogP contribution in [0, 0.1) is 0 Å². The Morgan fingerprint density at radius 1 is 0.941 bits per heavy atom. The van der Waals surface area contributed by atoms with Crippen molar-refractivity contribution in [3.05, 3.63) is 83.1 Å². The van der Waals surface area contributed by atoms with Gasteiger partial charge in [0, 0.05) is 17.1 Å². The fourth-order valence-electron chi connectivity index (χ4n) is 3.69. The zero-order chi connectivity index (χ0) is 23.5. The lowest BCUT2D eigenvalue weighted by atomic mass is 10.2. The summed E-state index contributed by atoms with van der Waals surface area (Å²) in [7, 11) is 3.18. The Kier molecular flexibility index (Phi) is 6.42. The van der Waals surface area contributed by atoms with E-state index in [1.807, 2.05) is 54.6 Å². The van der Waals surface area contributed by atoms with Crippen molar-refractivity contribution in [2.45, 2.75) is 17.5 Å². The van der Waals surface area contributed by atoms with E-state index < -0.39 is 0 Å². The highest BCUT2D eigenvalue weighted by Gasteiger charge is 2.16. The van der Waals surface area contributed by atoms with E-state index in [4.69, 9.17) is 30.5 Å². The number of thioether (sulfide) groups is 1. The Hall–Kier alpha value is -3.49. The van der Waals surface area contributed by atoms with Crippen LogP contribution in [0.5, 0.6) is 11.5 Å². The summed E-state index contributed by atoms with van der Waals surface area (Å²) in [6.07, 6.45) is 0. The molecule has 0 bridgehead atoms. The molecule has 5 rings (SSSR count). The van der Waals surface area contributed by atoms with Crippen LogP contribution in [0.2, 0.25) is 5.02 Å². The van der Waals surface area contributed by atoms with Crippen molar-refractivity contribution in [1.82, 2.24) is 19.7 Å². The van der Waals surface area contributed by atoms with Gasteiger partial charge in [-0.1, -0.05) is 53.7 Å². The Bertz CT molecular complexity index is 1440. The lowest BCUT2D eigenvalue weighted by Crippen LogP contribution is -2.04. The standard InChI is InChI=1S/C25H21ClN4O3S/c1-31-21-11-8-17(12-22(21)32-2)24-28-29-25(33-24)34-15-23-27-19-13-18(26)9-10-20(19)30(23)14-16-6-4-3-5-7-16/h3-13H,14-15H2,1-2H3. The van der Waals surface area contributed by atoms with Crippen LogP contribution in [0.3, 0.4) is 0 Å². The first kappa shape index (κ1) is 22.3. The van der Waals surface area contributed by atoms with Crippen LogP contribution in [-0.2, 0) is 12.3 Å². The summed E-state index contributed by atoms with van der Waals surface area (Å²) in [4.78, 5) is 4.83. The summed E-state index contributed by atoms with van der Waals surface area (Å²) in [5.74, 6) is 3.11. The lowest BCUT2D eigenvalue weighted by Gasteiger charge is -2.09. The minimum absolute atomic E-state index is 0.410. The van der Waals surface area contributed by atoms with Gasteiger partial charge in [0.05, 0.1) is 31.0 Å². The first-order valence-corrected chi connectivity index (χ1v) is 11.9. The molecule has 0 aliphatic heterocycles. The van der Waals surface area contributed by atoms with Crippen molar-refractivity contribution < 1.29 is 13.9 Å². The van der Waals surface area contributed by atoms with E-state index >= 15 is 0 Å². The molecule has 0 aliphatic carbocycles. The molecule has 0 radical (unpaired) electrons. The monoisotopic (exact) mass is 492 g/mol. The zero-order valence-electron chi connectivity index (χ0n) is 18.6. The Morgan fingerprint density at radius 2 is 1.76 bits per heavy atom. The second-order valence-electron chi connectivity index (χ2n) is 7.46. The van der Waals surface area contributed by atoms with Gasteiger partial charge in [-0.05, 0) is 42.0 Å². The first-order chi connectivity index (χ1) is 16.6. The van der Waals surface area contributed by atoms with Crippen LogP contribution in [-0.4, -0.2) is 34.0 Å². The number of imidazole rings is 1. The van der Waals surface area contributed by atoms with E-state index in [9.17, 15) is 0 Å². The van der Waals surface area contributed by atoms with E-state index in [2.05, 4.69) is 26.9 Å². The number of benzene rings is 3. The molecule has 2 heterocycles. The number of rotatable bonds is 8. The molecule has 34 heavy (non-hydrogen) atoms. The molecule has 0 saturated carbocycles. The fourth-order valence-corrected chi connectivity index (χ4v) is 4.56. The van der Waals surface area contributed by atoms with Crippen molar-refractivity contribution in [2.24, 2.45) is 0 Å². The molecule has 3 aromatic carbocycles. The molecule has 0 spiro atoms. The molecular weight excluding hydrogens is 472 g/mol. The molecule has 7 nitrogen and oxygen atoms in total. The summed E-state index contributed by atoms with van der Waals surface area (Å²) in [5.41, 5.74) is 3.83. The van der Waals surface area contributed by atoms with Crippen LogP contribution in [0.15, 0.2) is 76.4 Å². The number of hydrogen-bond donors (Lipinski definition) is 0. The average molecular weight is 493 g/mol. The van der Waals surface area contributed by atoms with Gasteiger partial charge in [-0.3, -0.25) is 0 Å². The summed E-state index contributed by atoms with van der Waals surface area (Å²) < 4.78 is 18.8. The zero-order valence-corrected chi connectivity index (χ0v) is 20.1. The Balaban J connectivity index is 1.39. The molecule has 0 saturated heterocycles. The molecule has 0 aliphatic rings. The number of fused-ring (bicyclic) bond motifs is 1. The molecule has 5 aromatic rings. The summed E-state index contributed by atoms with van der Waals surface area (Å²) >= 11 is 7.65. The maximum absolute atomic E-state index is 6.21. The van der Waals surface area contributed by atoms with Gasteiger partial charge in [0.25, 0.3) is 5.22 Å². The van der Waals surface area contributed by atoms with E-state index in [1.54, 1.807) is 14.2 Å². The molecule has 2 aromatic heterocycles. The second kappa shape index (κ2) is 9.79. The van der Waals surface area contributed by atoms with Gasteiger partial charge in [-0.2, -0.15) is 0 Å². The molecule has 172 valence electrons. The molecule has 0 unspecified atom stereocenters. The van der Waals surface area contributed by atoms with E-state index in [1.165, 1.54) is 17.3 Å². The fraction of sp³-hybridized carbons (Fsp3) is 0.160. The quantitative estimate of drug-likeness (QED) is 0.242. The molecule has 0 fully saturated rings. The maximum atomic E-state index is 6.21. The van der Waals surface area contributed by atoms with Gasteiger partial charge >= 0.3 is 0 Å². The number of hydrogen-bond acceptors (Lipinski definition) is 7. The minimum Gasteiger partial charge on any atom is -0.493 e. The third-order valence-electron chi connectivity index (χ3n) is 5.33. The van der Waals surface area contributed by atoms with Gasteiger partial charge in [0.15, 0.2) is 11.5 Å². The SMILES string of the molecule is COc1ccc(-c2nnc(SCc3nc4cc(Cl)ccc4n3Cc3ccccc3)o2)cc1OC. The second-order valence-corrected chi connectivity index (χ2v) is 8.83. The van der Waals surface area contributed by atoms with Gasteiger partial charge in [0.2, 0.25) is 5.89 Å². The van der Waals surface area contributed by atoms with Crippen molar-refractivity contribution >= 4 is 34.4 Å². The summed E-state index contributed by atoms with van der Waals surface area (Å²) in [5, 5.41) is 9.52. The van der Waals surface area contributed by atoms with Gasteiger partial charge in [-0.15, -0.1) is 10.2 Å². The number of nitrogens with zero attached hydrogens (tertiary/aromatic N) is 4. The van der Waals surface area contributed by atoms with Crippen molar-refractivity contribution in [3.63, 3.8) is 0 Å². The summed E-state index contributed by atoms with van der Waals surface area (Å²) in [6.45, 7) is 0.704. The highest BCUT2D eigenvalue weighted by Crippen LogP contribution is 2.33. The maximum Gasteiger partial charge on any atom is 0.277 e. The van der Waals surface area contributed by atoms with Crippen LogP contribution in [0.25, 0.3) is 22.5 Å². The van der Waals surface area contributed by atoms with E-state index in [-0.39, 0.29) is 0 Å². The predicted molar refractivity (Wildman–Crippen MR) is 133 cm³/mol. The molecule has 9 heteroatoms. The third kappa shape index (κ3) is 4.60. The Morgan fingerprint density at radius 3 is 2.56 bits per heavy atom. The van der Waals surface area contributed by atoms with Gasteiger partial charge in [0.1, 0.15) is 5.82 Å². The van der Waals surface area contributed by atoms with Crippen molar-refractivity contribution in [1.29, 1.82) is 0 Å². The minimum atomic E-state index is 0.410. The van der Waals surface area contributed by atoms with Crippen LogP contribution in [0.4, 0.5) is 0 Å². The number of ether oxygens (including phenoxy) is 2. The number of methoxy groups -OCH3 is 2. The summed E-state index contributed by atoms with van der Waals surface area (Å²) in [6, 6.07) is 21.5. The molecule has 0 amide bonds. The topological polar surface area (TPSA) is 75.2 Å². The Labute approximate surface area is 205 Å². The smallest absolute Gasteiger partial charge is 0.277 e. The molecule has 0 atom stereocenters. The van der Waals surface area contributed by atoms with Crippen molar-refractivity contribution in [3.8, 4) is 23.0 Å². The highest BCUT2D eigenvalue weighted by atomic mass is 35.5. The normalized spacial score (nSPS) is 11.1. The van der Waals surface area contributed by atoms with Crippen LogP contribution < -0.4 is 9.47 Å². The largest absolute Gasteiger partial charge is 0.493 e. The number of halogens is 1. The molecular formula is C25H21ClN4O3S. The average Bonchev–Trinajstić information content (AvgIpc) is 3.47. The van der Waals surface area contributed by atoms with E-state index in [0.29, 0.717) is 39.9 Å².